The molecule has 3 atom stereocenters. The SMILES string of the molecule is C[C@]12CC[C@@H](O)[C@@H]1C2(Cl)Cl. The summed E-state index contributed by atoms with van der Waals surface area (Å²) in [5, 5.41) is 9.37. The molecule has 0 amide bonds. The molecule has 0 aromatic rings. The highest BCUT2D eigenvalue weighted by Crippen LogP contribution is 2.76. The summed E-state index contributed by atoms with van der Waals surface area (Å²) in [6.45, 7) is 2.05. The Hall–Kier alpha value is 0.540. The van der Waals surface area contributed by atoms with Crippen molar-refractivity contribution in [2.75, 3.05) is 0 Å². The van der Waals surface area contributed by atoms with Gasteiger partial charge < -0.3 is 5.11 Å². The number of fused-ring (bicyclic) bond motifs is 1. The maximum atomic E-state index is 9.37. The zero-order valence-corrected chi connectivity index (χ0v) is 7.28. The van der Waals surface area contributed by atoms with Crippen LogP contribution in [0.15, 0.2) is 0 Å². The number of aliphatic hydroxyl groups is 1. The largest absolute Gasteiger partial charge is 0.393 e. The van der Waals surface area contributed by atoms with Gasteiger partial charge in [0.1, 0.15) is 4.33 Å². The van der Waals surface area contributed by atoms with E-state index < -0.39 is 4.33 Å². The molecule has 10 heavy (non-hydrogen) atoms. The van der Waals surface area contributed by atoms with Crippen LogP contribution in [0, 0.1) is 11.3 Å². The molecule has 0 unspecified atom stereocenters. The molecular formula is C7H10Cl2O. The van der Waals surface area contributed by atoms with E-state index in [4.69, 9.17) is 23.2 Å². The third-order valence-corrected chi connectivity index (χ3v) is 4.43. The Morgan fingerprint density at radius 3 is 2.30 bits per heavy atom. The zero-order chi connectivity index (χ0) is 7.57. The van der Waals surface area contributed by atoms with Crippen molar-refractivity contribution in [1.82, 2.24) is 0 Å². The minimum atomic E-state index is -0.634. The van der Waals surface area contributed by atoms with E-state index in [0.717, 1.165) is 12.8 Å². The number of rotatable bonds is 0. The third kappa shape index (κ3) is 0.556. The number of aliphatic hydroxyl groups excluding tert-OH is 1. The molecule has 2 fully saturated rings. The lowest BCUT2D eigenvalue weighted by molar-refractivity contribution is 0.157. The monoisotopic (exact) mass is 180 g/mol. The Morgan fingerprint density at radius 2 is 2.10 bits per heavy atom. The summed E-state index contributed by atoms with van der Waals surface area (Å²) in [5.74, 6) is 0.128. The number of halogens is 2. The standard InChI is InChI=1S/C7H10Cl2O/c1-6-3-2-4(10)5(6)7(6,8)9/h4-5,10H,2-3H2,1H3/t4-,5+,6+/m1/s1. The molecule has 0 spiro atoms. The minimum absolute atomic E-state index is 0.00945. The molecule has 0 aromatic carbocycles. The molecule has 1 N–H and O–H groups in total. The molecule has 1 nitrogen and oxygen atoms in total. The Kier molecular flexibility index (Phi) is 1.19. The van der Waals surface area contributed by atoms with Gasteiger partial charge in [0.25, 0.3) is 0 Å². The lowest BCUT2D eigenvalue weighted by Crippen LogP contribution is -2.12. The summed E-state index contributed by atoms with van der Waals surface area (Å²) in [4.78, 5) is 0. The van der Waals surface area contributed by atoms with Crippen LogP contribution in [0.5, 0.6) is 0 Å². The first-order valence-corrected chi connectivity index (χ1v) is 4.31. The van der Waals surface area contributed by atoms with Crippen LogP contribution in [0.25, 0.3) is 0 Å². The highest BCUT2D eigenvalue weighted by Gasteiger charge is 2.77. The van der Waals surface area contributed by atoms with Crippen molar-refractivity contribution in [3.05, 3.63) is 0 Å². The Bertz CT molecular complexity index is 180. The van der Waals surface area contributed by atoms with Gasteiger partial charge in [-0.05, 0) is 12.8 Å². The fraction of sp³-hybridized carbons (Fsp3) is 1.00. The van der Waals surface area contributed by atoms with Crippen molar-refractivity contribution in [2.45, 2.75) is 30.2 Å². The van der Waals surface area contributed by atoms with Crippen molar-refractivity contribution >= 4 is 23.2 Å². The molecule has 58 valence electrons. The molecule has 2 aliphatic rings. The van der Waals surface area contributed by atoms with E-state index >= 15 is 0 Å². The van der Waals surface area contributed by atoms with Crippen molar-refractivity contribution in [2.24, 2.45) is 11.3 Å². The van der Waals surface area contributed by atoms with E-state index in [2.05, 4.69) is 0 Å². The summed E-state index contributed by atoms with van der Waals surface area (Å²) < 4.78 is -0.634. The predicted octanol–water partition coefficient (Wildman–Crippen LogP) is 1.95. The van der Waals surface area contributed by atoms with Crippen LogP contribution in [0.3, 0.4) is 0 Å². The summed E-state index contributed by atoms with van der Waals surface area (Å²) in [6.07, 6.45) is 1.56. The van der Waals surface area contributed by atoms with Gasteiger partial charge in [0, 0.05) is 11.3 Å². The topological polar surface area (TPSA) is 20.2 Å². The van der Waals surface area contributed by atoms with Crippen LogP contribution >= 0.6 is 23.2 Å². The van der Waals surface area contributed by atoms with Crippen LogP contribution in [0.4, 0.5) is 0 Å². The third-order valence-electron chi connectivity index (χ3n) is 3.10. The summed E-state index contributed by atoms with van der Waals surface area (Å²) in [7, 11) is 0. The van der Waals surface area contributed by atoms with Crippen molar-refractivity contribution < 1.29 is 5.11 Å². The van der Waals surface area contributed by atoms with E-state index in [0.29, 0.717) is 0 Å². The first kappa shape index (κ1) is 7.20. The highest BCUT2D eigenvalue weighted by molar-refractivity contribution is 6.52. The highest BCUT2D eigenvalue weighted by atomic mass is 35.5. The van der Waals surface area contributed by atoms with Gasteiger partial charge in [0.05, 0.1) is 6.10 Å². The first-order valence-electron chi connectivity index (χ1n) is 3.56. The molecule has 0 radical (unpaired) electrons. The summed E-state index contributed by atoms with van der Waals surface area (Å²) >= 11 is 11.9. The van der Waals surface area contributed by atoms with Crippen LogP contribution in [0.1, 0.15) is 19.8 Å². The van der Waals surface area contributed by atoms with E-state index in [1.165, 1.54) is 0 Å². The second kappa shape index (κ2) is 1.65. The van der Waals surface area contributed by atoms with E-state index in [1.54, 1.807) is 0 Å². The van der Waals surface area contributed by atoms with Gasteiger partial charge >= 0.3 is 0 Å². The molecule has 0 saturated heterocycles. The normalized spacial score (nSPS) is 56.4. The first-order chi connectivity index (χ1) is 4.50. The van der Waals surface area contributed by atoms with Crippen molar-refractivity contribution in [1.29, 1.82) is 0 Å². The predicted molar refractivity (Wildman–Crippen MR) is 41.3 cm³/mol. The number of hydrogen-bond acceptors (Lipinski definition) is 1. The number of alkyl halides is 2. The second-order valence-corrected chi connectivity index (χ2v) is 5.01. The fourth-order valence-corrected chi connectivity index (χ4v) is 3.31. The molecule has 2 rings (SSSR count). The molecule has 3 heteroatoms. The van der Waals surface area contributed by atoms with E-state index in [-0.39, 0.29) is 17.4 Å². The fourth-order valence-electron chi connectivity index (χ4n) is 2.22. The Labute approximate surface area is 70.3 Å². The zero-order valence-electron chi connectivity index (χ0n) is 5.77. The maximum Gasteiger partial charge on any atom is 0.130 e. The van der Waals surface area contributed by atoms with Crippen molar-refractivity contribution in [3.8, 4) is 0 Å². The van der Waals surface area contributed by atoms with Gasteiger partial charge in [0.15, 0.2) is 0 Å². The lowest BCUT2D eigenvalue weighted by atomic mass is 10.1. The maximum absolute atomic E-state index is 9.37. The van der Waals surface area contributed by atoms with Crippen molar-refractivity contribution in [3.63, 3.8) is 0 Å². The summed E-state index contributed by atoms with van der Waals surface area (Å²) in [6, 6.07) is 0. The minimum Gasteiger partial charge on any atom is -0.393 e. The molecule has 0 heterocycles. The quantitative estimate of drug-likeness (QED) is 0.566. The molecule has 0 aromatic heterocycles. The smallest absolute Gasteiger partial charge is 0.130 e. The van der Waals surface area contributed by atoms with E-state index in [9.17, 15) is 5.11 Å². The van der Waals surface area contributed by atoms with Gasteiger partial charge in [-0.3, -0.25) is 0 Å². The molecule has 0 aliphatic heterocycles. The lowest BCUT2D eigenvalue weighted by Gasteiger charge is -2.10. The van der Waals surface area contributed by atoms with Gasteiger partial charge in [-0.2, -0.15) is 0 Å². The van der Waals surface area contributed by atoms with Gasteiger partial charge in [-0.25, -0.2) is 0 Å². The van der Waals surface area contributed by atoms with Crippen LogP contribution in [0.2, 0.25) is 0 Å². The molecule has 2 aliphatic carbocycles. The average Bonchev–Trinajstić information content (AvgIpc) is 2.16. The van der Waals surface area contributed by atoms with Gasteiger partial charge in [-0.15, -0.1) is 23.2 Å². The number of hydrogen-bond donors (Lipinski definition) is 1. The summed E-state index contributed by atoms with van der Waals surface area (Å²) in [5.41, 5.74) is 0.00945. The van der Waals surface area contributed by atoms with E-state index in [1.807, 2.05) is 6.92 Å². The second-order valence-electron chi connectivity index (χ2n) is 3.62. The molecule has 2 saturated carbocycles. The Balaban J connectivity index is 2.26. The molecule has 0 bridgehead atoms. The Morgan fingerprint density at radius 1 is 1.50 bits per heavy atom. The van der Waals surface area contributed by atoms with Crippen LogP contribution < -0.4 is 0 Å². The van der Waals surface area contributed by atoms with Crippen LogP contribution in [-0.4, -0.2) is 15.5 Å². The molecular weight excluding hydrogens is 171 g/mol. The average molecular weight is 181 g/mol. The van der Waals surface area contributed by atoms with Crippen LogP contribution in [-0.2, 0) is 0 Å². The van der Waals surface area contributed by atoms with Gasteiger partial charge in [-0.1, -0.05) is 6.92 Å². The van der Waals surface area contributed by atoms with Gasteiger partial charge in [0.2, 0.25) is 0 Å².